The third-order valence-corrected chi connectivity index (χ3v) is 5.85. The summed E-state index contributed by atoms with van der Waals surface area (Å²) in [4.78, 5) is 0.614. The normalized spacial score (nSPS) is 12.9. The molecule has 0 radical (unpaired) electrons. The van der Waals surface area contributed by atoms with Gasteiger partial charge in [0.2, 0.25) is 9.84 Å². The van der Waals surface area contributed by atoms with Crippen molar-refractivity contribution in [3.05, 3.63) is 83.9 Å². The second-order valence-electron chi connectivity index (χ2n) is 5.44. The fourth-order valence-corrected chi connectivity index (χ4v) is 4.38. The van der Waals surface area contributed by atoms with Gasteiger partial charge in [0, 0.05) is 12.0 Å². The molecular formula is C19H14O3S. The highest BCUT2D eigenvalue weighted by Crippen LogP contribution is 2.40. The summed E-state index contributed by atoms with van der Waals surface area (Å²) >= 11 is 0. The first-order valence-electron chi connectivity index (χ1n) is 7.34. The largest absolute Gasteiger partial charge is 0.457 e. The number of para-hydroxylation sites is 1. The number of benzene rings is 3. The molecule has 0 atom stereocenters. The molecule has 114 valence electrons. The minimum absolute atomic E-state index is 0.298. The van der Waals surface area contributed by atoms with Crippen molar-refractivity contribution in [2.45, 2.75) is 16.2 Å². The second kappa shape index (κ2) is 5.25. The van der Waals surface area contributed by atoms with Crippen LogP contribution in [0.15, 0.2) is 82.6 Å². The molecule has 1 aliphatic heterocycles. The van der Waals surface area contributed by atoms with Gasteiger partial charge in [0.05, 0.1) is 9.79 Å². The molecule has 0 bridgehead atoms. The zero-order valence-electron chi connectivity index (χ0n) is 12.3. The van der Waals surface area contributed by atoms with Crippen molar-refractivity contribution in [3.8, 4) is 11.5 Å². The summed E-state index contributed by atoms with van der Waals surface area (Å²) in [7, 11) is -3.56. The standard InChI is InChI=1S/C19H14O3S/c20-23(21,15-8-2-1-3-9-15)19-12-6-11-18-16(19)13-14-7-4-5-10-17(14)22-18/h1-12H,13H2. The van der Waals surface area contributed by atoms with Crippen molar-refractivity contribution in [1.29, 1.82) is 0 Å². The topological polar surface area (TPSA) is 43.4 Å². The molecule has 0 amide bonds. The van der Waals surface area contributed by atoms with E-state index in [1.165, 1.54) is 0 Å². The molecule has 0 saturated carbocycles. The molecule has 3 nitrogen and oxygen atoms in total. The van der Waals surface area contributed by atoms with Gasteiger partial charge < -0.3 is 4.74 Å². The maximum Gasteiger partial charge on any atom is 0.207 e. The zero-order chi connectivity index (χ0) is 15.9. The van der Waals surface area contributed by atoms with Gasteiger partial charge in [0.25, 0.3) is 0 Å². The maximum absolute atomic E-state index is 13.0. The van der Waals surface area contributed by atoms with Gasteiger partial charge in [0.1, 0.15) is 11.5 Å². The van der Waals surface area contributed by atoms with Gasteiger partial charge in [-0.05, 0) is 35.9 Å². The lowest BCUT2D eigenvalue weighted by atomic mass is 10.0. The molecule has 4 rings (SSSR count). The summed E-state index contributed by atoms with van der Waals surface area (Å²) in [6.07, 6.45) is 0.549. The third-order valence-electron chi connectivity index (χ3n) is 3.99. The minimum atomic E-state index is -3.56. The molecule has 0 saturated heterocycles. The molecule has 0 spiro atoms. The van der Waals surface area contributed by atoms with Crippen molar-refractivity contribution in [3.63, 3.8) is 0 Å². The predicted molar refractivity (Wildman–Crippen MR) is 87.7 cm³/mol. The highest BCUT2D eigenvalue weighted by molar-refractivity contribution is 7.91. The summed E-state index contributed by atoms with van der Waals surface area (Å²) in [6.45, 7) is 0. The lowest BCUT2D eigenvalue weighted by Gasteiger charge is -2.22. The lowest BCUT2D eigenvalue weighted by Crippen LogP contribution is -2.10. The van der Waals surface area contributed by atoms with E-state index in [1.54, 1.807) is 42.5 Å². The fraction of sp³-hybridized carbons (Fsp3) is 0.0526. The smallest absolute Gasteiger partial charge is 0.207 e. The Morgan fingerprint density at radius 3 is 2.26 bits per heavy atom. The van der Waals surface area contributed by atoms with Crippen molar-refractivity contribution in [2.75, 3.05) is 0 Å². The van der Waals surface area contributed by atoms with E-state index in [1.807, 2.05) is 30.3 Å². The molecule has 0 unspecified atom stereocenters. The van der Waals surface area contributed by atoms with E-state index in [0.717, 1.165) is 16.9 Å². The van der Waals surface area contributed by atoms with E-state index in [-0.39, 0.29) is 0 Å². The molecule has 3 aromatic carbocycles. The first-order valence-corrected chi connectivity index (χ1v) is 8.82. The first kappa shape index (κ1) is 14.0. The quantitative estimate of drug-likeness (QED) is 0.555. The van der Waals surface area contributed by atoms with E-state index in [2.05, 4.69) is 0 Å². The summed E-state index contributed by atoms with van der Waals surface area (Å²) in [6, 6.07) is 21.4. The number of hydrogen-bond acceptors (Lipinski definition) is 3. The Bertz CT molecular complexity index is 977. The highest BCUT2D eigenvalue weighted by Gasteiger charge is 2.26. The van der Waals surface area contributed by atoms with E-state index >= 15 is 0 Å². The average molecular weight is 322 g/mol. The Morgan fingerprint density at radius 1 is 0.739 bits per heavy atom. The zero-order valence-corrected chi connectivity index (χ0v) is 13.1. The van der Waals surface area contributed by atoms with Crippen molar-refractivity contribution < 1.29 is 13.2 Å². The SMILES string of the molecule is O=S(=O)(c1ccccc1)c1cccc2c1Cc1ccccc1O2. The van der Waals surface area contributed by atoms with Crippen LogP contribution in [-0.4, -0.2) is 8.42 Å². The van der Waals surface area contributed by atoms with Gasteiger partial charge in [-0.1, -0.05) is 42.5 Å². The molecular weight excluding hydrogens is 308 g/mol. The van der Waals surface area contributed by atoms with E-state index < -0.39 is 9.84 Å². The average Bonchev–Trinajstić information content (AvgIpc) is 2.60. The van der Waals surface area contributed by atoms with Crippen LogP contribution >= 0.6 is 0 Å². The van der Waals surface area contributed by atoms with Gasteiger partial charge >= 0.3 is 0 Å². The molecule has 0 N–H and O–H groups in total. The highest BCUT2D eigenvalue weighted by atomic mass is 32.2. The third kappa shape index (κ3) is 2.32. The summed E-state index contributed by atoms with van der Waals surface area (Å²) in [5.41, 5.74) is 1.71. The van der Waals surface area contributed by atoms with Crippen LogP contribution in [0.25, 0.3) is 0 Å². The number of sulfone groups is 1. The van der Waals surface area contributed by atoms with Crippen LogP contribution in [0.3, 0.4) is 0 Å². The predicted octanol–water partition coefficient (Wildman–Crippen LogP) is 4.22. The van der Waals surface area contributed by atoms with Crippen LogP contribution in [-0.2, 0) is 16.3 Å². The molecule has 0 fully saturated rings. The lowest BCUT2D eigenvalue weighted by molar-refractivity contribution is 0.456. The Kier molecular flexibility index (Phi) is 3.20. The number of hydrogen-bond donors (Lipinski definition) is 0. The summed E-state index contributed by atoms with van der Waals surface area (Å²) in [5, 5.41) is 0. The first-order chi connectivity index (χ1) is 11.2. The number of rotatable bonds is 2. The summed E-state index contributed by atoms with van der Waals surface area (Å²) < 4.78 is 31.8. The molecule has 1 heterocycles. The van der Waals surface area contributed by atoms with Crippen LogP contribution in [0.4, 0.5) is 0 Å². The van der Waals surface area contributed by atoms with Crippen LogP contribution in [0.1, 0.15) is 11.1 Å². The molecule has 0 aromatic heterocycles. The van der Waals surface area contributed by atoms with Crippen LogP contribution in [0.2, 0.25) is 0 Å². The fourth-order valence-electron chi connectivity index (χ4n) is 2.85. The molecule has 4 heteroatoms. The van der Waals surface area contributed by atoms with Gasteiger partial charge in [-0.2, -0.15) is 0 Å². The summed E-state index contributed by atoms with van der Waals surface area (Å²) in [5.74, 6) is 1.40. The number of ether oxygens (including phenoxy) is 1. The van der Waals surface area contributed by atoms with E-state index in [0.29, 0.717) is 22.0 Å². The molecule has 0 aliphatic carbocycles. The van der Waals surface area contributed by atoms with Crippen molar-refractivity contribution in [1.82, 2.24) is 0 Å². The Hall–Kier alpha value is -2.59. The van der Waals surface area contributed by atoms with E-state index in [4.69, 9.17) is 4.74 Å². The van der Waals surface area contributed by atoms with Gasteiger partial charge in [-0.15, -0.1) is 0 Å². The van der Waals surface area contributed by atoms with Crippen LogP contribution in [0, 0.1) is 0 Å². The monoisotopic (exact) mass is 322 g/mol. The second-order valence-corrected chi connectivity index (χ2v) is 7.35. The molecule has 3 aromatic rings. The van der Waals surface area contributed by atoms with Crippen LogP contribution < -0.4 is 4.74 Å². The molecule has 1 aliphatic rings. The maximum atomic E-state index is 13.0. The van der Waals surface area contributed by atoms with Gasteiger partial charge in [0.15, 0.2) is 0 Å². The number of fused-ring (bicyclic) bond motifs is 2. The molecule has 23 heavy (non-hydrogen) atoms. The van der Waals surface area contributed by atoms with Gasteiger partial charge in [-0.3, -0.25) is 0 Å². The van der Waals surface area contributed by atoms with Crippen LogP contribution in [0.5, 0.6) is 11.5 Å². The van der Waals surface area contributed by atoms with Crippen molar-refractivity contribution >= 4 is 9.84 Å². The Balaban J connectivity index is 1.88. The van der Waals surface area contributed by atoms with Crippen molar-refractivity contribution in [2.24, 2.45) is 0 Å². The van der Waals surface area contributed by atoms with E-state index in [9.17, 15) is 8.42 Å². The Labute approximate surface area is 135 Å². The Morgan fingerprint density at radius 2 is 1.43 bits per heavy atom. The van der Waals surface area contributed by atoms with Gasteiger partial charge in [-0.25, -0.2) is 8.42 Å². The minimum Gasteiger partial charge on any atom is -0.457 e.